The summed E-state index contributed by atoms with van der Waals surface area (Å²) in [5.74, 6) is 0.744. The number of likely N-dealkylation sites (N-methyl/N-ethyl adjacent to an activating group) is 1. The van der Waals surface area contributed by atoms with Gasteiger partial charge in [0.05, 0.1) is 16.8 Å². The smallest absolute Gasteiger partial charge is 0.257 e. The molecule has 6 heteroatoms. The number of aromatic nitrogens is 3. The first-order valence-electron chi connectivity index (χ1n) is 7.77. The van der Waals surface area contributed by atoms with Crippen LogP contribution >= 0.6 is 0 Å². The van der Waals surface area contributed by atoms with E-state index in [2.05, 4.69) is 26.8 Å². The molecule has 23 heavy (non-hydrogen) atoms. The molecular weight excluding hydrogens is 290 g/mol. The Labute approximate surface area is 134 Å². The first-order valence-corrected chi connectivity index (χ1v) is 7.77. The van der Waals surface area contributed by atoms with Crippen LogP contribution in [0.25, 0.3) is 11.4 Å². The van der Waals surface area contributed by atoms with E-state index in [0.717, 1.165) is 35.7 Å². The van der Waals surface area contributed by atoms with Gasteiger partial charge in [-0.15, -0.1) is 0 Å². The maximum atomic E-state index is 12.7. The Morgan fingerprint density at radius 2 is 2.35 bits per heavy atom. The Morgan fingerprint density at radius 3 is 3.17 bits per heavy atom. The molecular formula is C17H19N5O. The fraction of sp³-hybridized carbons (Fsp3) is 0.294. The number of carbonyl (C=O) groups is 1. The number of aromatic amines is 1. The van der Waals surface area contributed by atoms with E-state index < -0.39 is 0 Å². The number of nitrogens with one attached hydrogen (secondary N) is 2. The zero-order valence-electron chi connectivity index (χ0n) is 13.2. The van der Waals surface area contributed by atoms with Gasteiger partial charge in [0.25, 0.3) is 5.91 Å². The standard InChI is InChI=1S/C17H19N5O/c1-11-8-14-15(16-18-5-7-22(11)16)13(9-19-14)17(23)20-12-4-3-6-21(2)10-12/h3-5,7,9-11,19H,6,8H2,1-2H3,(H,20,23)/t11-/m1/s1. The number of fused-ring (bicyclic) bond motifs is 3. The monoisotopic (exact) mass is 309 g/mol. The molecule has 0 aliphatic carbocycles. The van der Waals surface area contributed by atoms with Gasteiger partial charge in [0.2, 0.25) is 0 Å². The van der Waals surface area contributed by atoms with Crippen LogP contribution in [-0.4, -0.2) is 38.9 Å². The van der Waals surface area contributed by atoms with Crippen LogP contribution in [0.4, 0.5) is 0 Å². The van der Waals surface area contributed by atoms with Gasteiger partial charge in [-0.25, -0.2) is 4.98 Å². The molecule has 2 aliphatic rings. The van der Waals surface area contributed by atoms with E-state index in [9.17, 15) is 4.79 Å². The van der Waals surface area contributed by atoms with Gasteiger partial charge in [0, 0.05) is 56.5 Å². The fourth-order valence-electron chi connectivity index (χ4n) is 3.27. The van der Waals surface area contributed by atoms with Crippen LogP contribution in [0.5, 0.6) is 0 Å². The molecule has 0 unspecified atom stereocenters. The lowest BCUT2D eigenvalue weighted by Crippen LogP contribution is -2.27. The molecule has 0 saturated carbocycles. The molecule has 1 atom stereocenters. The van der Waals surface area contributed by atoms with E-state index in [1.807, 2.05) is 36.5 Å². The molecule has 2 aliphatic heterocycles. The highest BCUT2D eigenvalue weighted by Crippen LogP contribution is 2.35. The van der Waals surface area contributed by atoms with Crippen molar-refractivity contribution < 1.29 is 4.79 Å². The molecule has 4 rings (SSSR count). The van der Waals surface area contributed by atoms with Gasteiger partial charge in [0.15, 0.2) is 0 Å². The average Bonchev–Trinajstić information content (AvgIpc) is 3.13. The molecule has 2 aromatic rings. The summed E-state index contributed by atoms with van der Waals surface area (Å²) in [5, 5.41) is 2.97. The number of allylic oxidation sites excluding steroid dienone is 1. The van der Waals surface area contributed by atoms with Crippen molar-refractivity contribution in [1.82, 2.24) is 24.8 Å². The van der Waals surface area contributed by atoms with Crippen molar-refractivity contribution in [3.63, 3.8) is 0 Å². The second kappa shape index (κ2) is 5.15. The highest BCUT2D eigenvalue weighted by Gasteiger charge is 2.28. The molecule has 0 spiro atoms. The largest absolute Gasteiger partial charge is 0.375 e. The van der Waals surface area contributed by atoms with Crippen LogP contribution in [0.3, 0.4) is 0 Å². The highest BCUT2D eigenvalue weighted by atomic mass is 16.1. The number of imidazole rings is 1. The lowest BCUT2D eigenvalue weighted by molar-refractivity contribution is 0.0967. The second-order valence-electron chi connectivity index (χ2n) is 6.15. The SMILES string of the molecule is C[C@@H]1Cc2[nH]cc(C(=O)NC3=CN(C)CC=C3)c2-c2nccn21. The zero-order valence-corrected chi connectivity index (χ0v) is 13.2. The third-order valence-electron chi connectivity index (χ3n) is 4.38. The van der Waals surface area contributed by atoms with Gasteiger partial charge in [-0.3, -0.25) is 4.79 Å². The number of nitrogens with zero attached hydrogens (tertiary/aromatic N) is 3. The van der Waals surface area contributed by atoms with Crippen molar-refractivity contribution in [3.05, 3.63) is 53.9 Å². The number of H-pyrrole nitrogens is 1. The van der Waals surface area contributed by atoms with Crippen molar-refractivity contribution >= 4 is 5.91 Å². The summed E-state index contributed by atoms with van der Waals surface area (Å²) in [4.78, 5) is 22.4. The zero-order chi connectivity index (χ0) is 16.0. The minimum atomic E-state index is -0.113. The molecule has 6 nitrogen and oxygen atoms in total. The molecule has 0 aromatic carbocycles. The Bertz CT molecular complexity index is 826. The Hall–Kier alpha value is -2.76. The van der Waals surface area contributed by atoms with E-state index in [1.165, 1.54) is 0 Å². The summed E-state index contributed by atoms with van der Waals surface area (Å²) in [6, 6.07) is 0.340. The predicted molar refractivity (Wildman–Crippen MR) is 87.7 cm³/mol. The lowest BCUT2D eigenvalue weighted by Gasteiger charge is -2.22. The van der Waals surface area contributed by atoms with Gasteiger partial charge in [0.1, 0.15) is 5.82 Å². The number of hydrogen-bond acceptors (Lipinski definition) is 3. The predicted octanol–water partition coefficient (Wildman–Crippen LogP) is 2.07. The molecule has 4 heterocycles. The van der Waals surface area contributed by atoms with Crippen LogP contribution in [0, 0.1) is 0 Å². The number of hydrogen-bond donors (Lipinski definition) is 2. The van der Waals surface area contributed by atoms with Crippen LogP contribution in [0.2, 0.25) is 0 Å². The maximum Gasteiger partial charge on any atom is 0.257 e. The van der Waals surface area contributed by atoms with Gasteiger partial charge in [-0.1, -0.05) is 6.08 Å². The minimum absolute atomic E-state index is 0.113. The van der Waals surface area contributed by atoms with Gasteiger partial charge >= 0.3 is 0 Å². The number of amides is 1. The number of rotatable bonds is 2. The summed E-state index contributed by atoms with van der Waals surface area (Å²) in [6.07, 6.45) is 12.3. The summed E-state index contributed by atoms with van der Waals surface area (Å²) in [5.41, 5.74) is 3.43. The first-order chi connectivity index (χ1) is 11.1. The molecule has 0 bridgehead atoms. The maximum absolute atomic E-state index is 12.7. The summed E-state index contributed by atoms with van der Waals surface area (Å²) >= 11 is 0. The van der Waals surface area contributed by atoms with Crippen molar-refractivity contribution in [1.29, 1.82) is 0 Å². The molecule has 118 valence electrons. The second-order valence-corrected chi connectivity index (χ2v) is 6.15. The van der Waals surface area contributed by atoms with E-state index >= 15 is 0 Å². The van der Waals surface area contributed by atoms with E-state index in [0.29, 0.717) is 11.6 Å². The fourth-order valence-corrected chi connectivity index (χ4v) is 3.27. The van der Waals surface area contributed by atoms with Crippen molar-refractivity contribution in [2.24, 2.45) is 0 Å². The third-order valence-corrected chi connectivity index (χ3v) is 4.38. The summed E-state index contributed by atoms with van der Waals surface area (Å²) in [7, 11) is 1.98. The molecule has 0 radical (unpaired) electrons. The Kier molecular flexibility index (Phi) is 3.11. The minimum Gasteiger partial charge on any atom is -0.375 e. The van der Waals surface area contributed by atoms with Gasteiger partial charge in [-0.05, 0) is 13.0 Å². The topological polar surface area (TPSA) is 66.0 Å². The molecule has 2 aromatic heterocycles. The summed E-state index contributed by atoms with van der Waals surface area (Å²) in [6.45, 7) is 3.01. The van der Waals surface area contributed by atoms with Gasteiger partial charge < -0.3 is 19.8 Å². The normalized spacial score (nSPS) is 19.1. The Balaban J connectivity index is 1.68. The lowest BCUT2D eigenvalue weighted by atomic mass is 10.0. The van der Waals surface area contributed by atoms with Crippen LogP contribution < -0.4 is 5.32 Å². The molecule has 0 saturated heterocycles. The summed E-state index contributed by atoms with van der Waals surface area (Å²) < 4.78 is 2.13. The van der Waals surface area contributed by atoms with E-state index in [-0.39, 0.29) is 5.91 Å². The van der Waals surface area contributed by atoms with Crippen molar-refractivity contribution in [2.75, 3.05) is 13.6 Å². The van der Waals surface area contributed by atoms with Crippen LogP contribution in [-0.2, 0) is 6.42 Å². The quantitative estimate of drug-likeness (QED) is 0.892. The first kappa shape index (κ1) is 13.9. The van der Waals surface area contributed by atoms with Crippen LogP contribution in [0.1, 0.15) is 29.0 Å². The van der Waals surface area contributed by atoms with Crippen LogP contribution in [0.15, 0.2) is 42.6 Å². The van der Waals surface area contributed by atoms with Gasteiger partial charge in [-0.2, -0.15) is 0 Å². The Morgan fingerprint density at radius 1 is 1.48 bits per heavy atom. The van der Waals surface area contributed by atoms with E-state index in [1.54, 1.807) is 12.4 Å². The molecule has 0 fully saturated rings. The third kappa shape index (κ3) is 2.27. The van der Waals surface area contributed by atoms with Crippen molar-refractivity contribution in [3.8, 4) is 11.4 Å². The van der Waals surface area contributed by atoms with Crippen molar-refractivity contribution in [2.45, 2.75) is 19.4 Å². The molecule has 2 N–H and O–H groups in total. The highest BCUT2D eigenvalue weighted by molar-refractivity contribution is 6.02. The number of carbonyl (C=O) groups excluding carboxylic acids is 1. The van der Waals surface area contributed by atoms with E-state index in [4.69, 9.17) is 0 Å². The average molecular weight is 309 g/mol. The molecule has 1 amide bonds.